The minimum absolute atomic E-state index is 0.432. The highest BCUT2D eigenvalue weighted by molar-refractivity contribution is 5.85. The first-order chi connectivity index (χ1) is 10.7. The third-order valence-electron chi connectivity index (χ3n) is 3.98. The molecular formula is C18H24O4. The summed E-state index contributed by atoms with van der Waals surface area (Å²) in [6.07, 6.45) is 7.70. The number of rotatable bonds is 7. The maximum absolute atomic E-state index is 10.5. The lowest BCUT2D eigenvalue weighted by atomic mass is 9.88. The van der Waals surface area contributed by atoms with E-state index in [0.29, 0.717) is 12.0 Å². The number of carboxylic acids is 1. The number of carboxylic acid groups (broad SMARTS) is 1. The standard InChI is InChI=1S/C18H24O4/c1-2-21-16-10-5-15(6-11-16)13-22-17-8-3-14(4-9-17)7-12-18(19)20/h3-4,7-9,12,15-16H,2,5-6,10-11,13H2,1H3,(H,19,20)/b12-7+. The van der Waals surface area contributed by atoms with E-state index >= 15 is 0 Å². The highest BCUT2D eigenvalue weighted by atomic mass is 16.5. The van der Waals surface area contributed by atoms with E-state index in [0.717, 1.165) is 56.3 Å². The van der Waals surface area contributed by atoms with E-state index in [9.17, 15) is 4.79 Å². The van der Waals surface area contributed by atoms with Gasteiger partial charge in [0.1, 0.15) is 5.75 Å². The van der Waals surface area contributed by atoms with Crippen molar-refractivity contribution in [2.45, 2.75) is 38.7 Å². The molecule has 1 saturated carbocycles. The van der Waals surface area contributed by atoms with Gasteiger partial charge in [0.15, 0.2) is 0 Å². The highest BCUT2D eigenvalue weighted by Gasteiger charge is 2.21. The molecule has 22 heavy (non-hydrogen) atoms. The zero-order chi connectivity index (χ0) is 15.8. The molecule has 0 unspecified atom stereocenters. The van der Waals surface area contributed by atoms with Gasteiger partial charge in [-0.1, -0.05) is 12.1 Å². The van der Waals surface area contributed by atoms with E-state index < -0.39 is 5.97 Å². The van der Waals surface area contributed by atoms with Gasteiger partial charge < -0.3 is 14.6 Å². The second kappa shape index (κ2) is 8.59. The van der Waals surface area contributed by atoms with Crippen LogP contribution in [-0.4, -0.2) is 30.4 Å². The molecule has 0 radical (unpaired) electrons. The van der Waals surface area contributed by atoms with Crippen LogP contribution in [0.1, 0.15) is 38.2 Å². The fraction of sp³-hybridized carbons (Fsp3) is 0.500. The Morgan fingerprint density at radius 1 is 1.23 bits per heavy atom. The normalized spacial score (nSPS) is 21.9. The van der Waals surface area contributed by atoms with Gasteiger partial charge >= 0.3 is 5.97 Å². The molecule has 0 amide bonds. The van der Waals surface area contributed by atoms with Crippen molar-refractivity contribution in [3.05, 3.63) is 35.9 Å². The molecule has 1 aliphatic rings. The molecule has 0 aliphatic heterocycles. The van der Waals surface area contributed by atoms with E-state index in [1.165, 1.54) is 0 Å². The first-order valence-electron chi connectivity index (χ1n) is 7.93. The molecule has 0 heterocycles. The largest absolute Gasteiger partial charge is 0.493 e. The third-order valence-corrected chi connectivity index (χ3v) is 3.98. The Balaban J connectivity index is 1.74. The van der Waals surface area contributed by atoms with Gasteiger partial charge in [0, 0.05) is 12.7 Å². The van der Waals surface area contributed by atoms with Crippen LogP contribution in [0.3, 0.4) is 0 Å². The van der Waals surface area contributed by atoms with Gasteiger partial charge in [-0.25, -0.2) is 4.79 Å². The van der Waals surface area contributed by atoms with Gasteiger partial charge in [-0.15, -0.1) is 0 Å². The summed E-state index contributed by atoms with van der Waals surface area (Å²) < 4.78 is 11.5. The van der Waals surface area contributed by atoms with Crippen LogP contribution in [0.4, 0.5) is 0 Å². The van der Waals surface area contributed by atoms with E-state index in [1.54, 1.807) is 6.08 Å². The average molecular weight is 304 g/mol. The van der Waals surface area contributed by atoms with Crippen LogP contribution in [0.15, 0.2) is 30.3 Å². The molecule has 1 aromatic carbocycles. The molecule has 2 rings (SSSR count). The van der Waals surface area contributed by atoms with Crippen LogP contribution >= 0.6 is 0 Å². The van der Waals surface area contributed by atoms with Crippen LogP contribution in [-0.2, 0) is 9.53 Å². The van der Waals surface area contributed by atoms with E-state index in [2.05, 4.69) is 0 Å². The van der Waals surface area contributed by atoms with E-state index in [-0.39, 0.29) is 0 Å². The fourth-order valence-electron chi connectivity index (χ4n) is 2.76. The predicted molar refractivity (Wildman–Crippen MR) is 86.0 cm³/mol. The third kappa shape index (κ3) is 5.53. The number of aliphatic carboxylic acids is 1. The zero-order valence-electron chi connectivity index (χ0n) is 13.0. The smallest absolute Gasteiger partial charge is 0.328 e. The Labute approximate surface area is 131 Å². The summed E-state index contributed by atoms with van der Waals surface area (Å²) in [5, 5.41) is 8.59. The maximum Gasteiger partial charge on any atom is 0.328 e. The topological polar surface area (TPSA) is 55.8 Å². The van der Waals surface area contributed by atoms with Crippen molar-refractivity contribution in [3.63, 3.8) is 0 Å². The average Bonchev–Trinajstić information content (AvgIpc) is 2.53. The van der Waals surface area contributed by atoms with Crippen molar-refractivity contribution in [1.29, 1.82) is 0 Å². The van der Waals surface area contributed by atoms with Crippen molar-refractivity contribution < 1.29 is 19.4 Å². The predicted octanol–water partition coefficient (Wildman–Crippen LogP) is 3.76. The summed E-state index contributed by atoms with van der Waals surface area (Å²) in [5.74, 6) is 0.491. The second-order valence-electron chi connectivity index (χ2n) is 5.65. The maximum atomic E-state index is 10.5. The molecule has 1 N–H and O–H groups in total. The molecule has 0 atom stereocenters. The minimum atomic E-state index is -0.942. The molecule has 1 aliphatic carbocycles. The van der Waals surface area contributed by atoms with Crippen LogP contribution in [0.2, 0.25) is 0 Å². The molecule has 0 bridgehead atoms. The van der Waals surface area contributed by atoms with Gasteiger partial charge in [-0.05, 0) is 62.3 Å². The van der Waals surface area contributed by atoms with Crippen molar-refractivity contribution in [2.75, 3.05) is 13.2 Å². The number of hydrogen-bond acceptors (Lipinski definition) is 3. The lowest BCUT2D eigenvalue weighted by Gasteiger charge is -2.28. The SMILES string of the molecule is CCOC1CCC(COc2ccc(/C=C/C(=O)O)cc2)CC1. The van der Waals surface area contributed by atoms with Gasteiger partial charge in [-0.2, -0.15) is 0 Å². The van der Waals surface area contributed by atoms with Crippen molar-refractivity contribution >= 4 is 12.0 Å². The molecule has 120 valence electrons. The summed E-state index contributed by atoms with van der Waals surface area (Å²) in [7, 11) is 0. The number of hydrogen-bond donors (Lipinski definition) is 1. The van der Waals surface area contributed by atoms with Crippen LogP contribution in [0.25, 0.3) is 6.08 Å². The molecular weight excluding hydrogens is 280 g/mol. The summed E-state index contributed by atoms with van der Waals surface area (Å²) in [6.45, 7) is 3.59. The number of ether oxygens (including phenoxy) is 2. The van der Waals surface area contributed by atoms with Crippen LogP contribution in [0.5, 0.6) is 5.75 Å². The lowest BCUT2D eigenvalue weighted by Crippen LogP contribution is -2.24. The Kier molecular flexibility index (Phi) is 6.46. The quantitative estimate of drug-likeness (QED) is 0.779. The molecule has 1 fully saturated rings. The summed E-state index contributed by atoms with van der Waals surface area (Å²) in [5.41, 5.74) is 0.854. The lowest BCUT2D eigenvalue weighted by molar-refractivity contribution is -0.131. The Morgan fingerprint density at radius 3 is 2.50 bits per heavy atom. The first kappa shape index (κ1) is 16.6. The van der Waals surface area contributed by atoms with Gasteiger partial charge in [0.25, 0.3) is 0 Å². The summed E-state index contributed by atoms with van der Waals surface area (Å²) in [4.78, 5) is 10.5. The minimum Gasteiger partial charge on any atom is -0.493 e. The summed E-state index contributed by atoms with van der Waals surface area (Å²) >= 11 is 0. The molecule has 1 aromatic rings. The van der Waals surface area contributed by atoms with Gasteiger partial charge in [-0.3, -0.25) is 0 Å². The van der Waals surface area contributed by atoms with Crippen LogP contribution in [0, 0.1) is 5.92 Å². The zero-order valence-corrected chi connectivity index (χ0v) is 13.0. The fourth-order valence-corrected chi connectivity index (χ4v) is 2.76. The van der Waals surface area contributed by atoms with E-state index in [1.807, 2.05) is 31.2 Å². The molecule has 0 aromatic heterocycles. The number of benzene rings is 1. The van der Waals surface area contributed by atoms with Gasteiger partial charge in [0.2, 0.25) is 0 Å². The van der Waals surface area contributed by atoms with E-state index in [4.69, 9.17) is 14.6 Å². The number of carbonyl (C=O) groups is 1. The van der Waals surface area contributed by atoms with Crippen molar-refractivity contribution in [1.82, 2.24) is 0 Å². The first-order valence-corrected chi connectivity index (χ1v) is 7.93. The van der Waals surface area contributed by atoms with Crippen LogP contribution < -0.4 is 4.74 Å². The Morgan fingerprint density at radius 2 is 1.91 bits per heavy atom. The Bertz CT molecular complexity index is 484. The molecule has 0 spiro atoms. The van der Waals surface area contributed by atoms with Crippen molar-refractivity contribution in [2.24, 2.45) is 5.92 Å². The van der Waals surface area contributed by atoms with Crippen molar-refractivity contribution in [3.8, 4) is 5.75 Å². The Hall–Kier alpha value is -1.81. The summed E-state index contributed by atoms with van der Waals surface area (Å²) in [6, 6.07) is 7.49. The second-order valence-corrected chi connectivity index (χ2v) is 5.65. The monoisotopic (exact) mass is 304 g/mol. The highest BCUT2D eigenvalue weighted by Crippen LogP contribution is 2.27. The molecule has 4 nitrogen and oxygen atoms in total. The van der Waals surface area contributed by atoms with Gasteiger partial charge in [0.05, 0.1) is 12.7 Å². The molecule has 0 saturated heterocycles. The molecule has 4 heteroatoms.